The largest absolute Gasteiger partial charge is 0.294 e. The first kappa shape index (κ1) is 20.9. The second-order valence-electron chi connectivity index (χ2n) is 9.48. The van der Waals surface area contributed by atoms with Crippen LogP contribution in [-0.2, 0) is 0 Å². The Morgan fingerprint density at radius 3 is 1.24 bits per heavy atom. The SMILES string of the molecule is c1ccc(-n2c3ccccc3c3c(-c4cccc5c4c4ccccc4n5-c4ccccn4)cccc32)nc1. The average molecular weight is 487 g/mol. The lowest BCUT2D eigenvalue weighted by atomic mass is 9.95. The lowest BCUT2D eigenvalue weighted by molar-refractivity contribution is 1.08. The van der Waals surface area contributed by atoms with Crippen molar-refractivity contribution in [1.29, 1.82) is 0 Å². The fraction of sp³-hybridized carbons (Fsp3) is 0. The van der Waals surface area contributed by atoms with Crippen molar-refractivity contribution in [2.75, 3.05) is 0 Å². The molecule has 0 aliphatic heterocycles. The van der Waals surface area contributed by atoms with Gasteiger partial charge in [-0.15, -0.1) is 0 Å². The topological polar surface area (TPSA) is 35.6 Å². The van der Waals surface area contributed by atoms with E-state index in [9.17, 15) is 0 Å². The fourth-order valence-corrected chi connectivity index (χ4v) is 5.95. The summed E-state index contributed by atoms with van der Waals surface area (Å²) < 4.78 is 4.54. The molecule has 4 aromatic heterocycles. The Hall–Kier alpha value is -5.22. The molecular weight excluding hydrogens is 464 g/mol. The summed E-state index contributed by atoms with van der Waals surface area (Å²) in [4.78, 5) is 9.41. The molecule has 0 saturated carbocycles. The summed E-state index contributed by atoms with van der Waals surface area (Å²) in [5.41, 5.74) is 7.01. The minimum Gasteiger partial charge on any atom is -0.294 e. The van der Waals surface area contributed by atoms with Crippen molar-refractivity contribution >= 4 is 43.6 Å². The summed E-state index contributed by atoms with van der Waals surface area (Å²) >= 11 is 0. The van der Waals surface area contributed by atoms with Crippen LogP contribution in [0.2, 0.25) is 0 Å². The Kier molecular flexibility index (Phi) is 4.49. The quantitative estimate of drug-likeness (QED) is 0.252. The van der Waals surface area contributed by atoms with Crippen LogP contribution >= 0.6 is 0 Å². The van der Waals surface area contributed by atoms with E-state index in [1.807, 2.05) is 36.7 Å². The number of hydrogen-bond acceptors (Lipinski definition) is 2. The monoisotopic (exact) mass is 486 g/mol. The summed E-state index contributed by atoms with van der Waals surface area (Å²) in [5, 5.41) is 4.90. The highest BCUT2D eigenvalue weighted by Gasteiger charge is 2.20. The van der Waals surface area contributed by atoms with E-state index in [2.05, 4.69) is 106 Å². The molecule has 0 amide bonds. The number of aromatic nitrogens is 4. The first-order valence-corrected chi connectivity index (χ1v) is 12.8. The maximum absolute atomic E-state index is 4.70. The van der Waals surface area contributed by atoms with Crippen LogP contribution in [-0.4, -0.2) is 19.1 Å². The minimum atomic E-state index is 0.917. The van der Waals surface area contributed by atoms with Gasteiger partial charge in [-0.1, -0.05) is 72.8 Å². The molecule has 4 nitrogen and oxygen atoms in total. The van der Waals surface area contributed by atoms with E-state index >= 15 is 0 Å². The molecule has 0 saturated heterocycles. The molecule has 0 fully saturated rings. The van der Waals surface area contributed by atoms with Crippen molar-refractivity contribution in [2.24, 2.45) is 0 Å². The van der Waals surface area contributed by atoms with Gasteiger partial charge in [0.25, 0.3) is 0 Å². The van der Waals surface area contributed by atoms with E-state index in [4.69, 9.17) is 9.97 Å². The van der Waals surface area contributed by atoms with Crippen molar-refractivity contribution in [3.63, 3.8) is 0 Å². The highest BCUT2D eigenvalue weighted by atomic mass is 15.1. The summed E-state index contributed by atoms with van der Waals surface area (Å²) in [7, 11) is 0. The van der Waals surface area contributed by atoms with Crippen LogP contribution in [0, 0.1) is 0 Å². The molecule has 4 heteroatoms. The summed E-state index contributed by atoms with van der Waals surface area (Å²) in [6.07, 6.45) is 3.71. The highest BCUT2D eigenvalue weighted by molar-refractivity contribution is 6.22. The molecule has 0 spiro atoms. The molecule has 0 N–H and O–H groups in total. The van der Waals surface area contributed by atoms with Crippen molar-refractivity contribution < 1.29 is 0 Å². The zero-order valence-corrected chi connectivity index (χ0v) is 20.5. The van der Waals surface area contributed by atoms with Gasteiger partial charge in [0.05, 0.1) is 22.1 Å². The van der Waals surface area contributed by atoms with Gasteiger partial charge in [0.15, 0.2) is 0 Å². The van der Waals surface area contributed by atoms with E-state index in [0.29, 0.717) is 0 Å². The third-order valence-corrected chi connectivity index (χ3v) is 7.44. The van der Waals surface area contributed by atoms with E-state index in [1.165, 1.54) is 32.7 Å². The van der Waals surface area contributed by atoms with Crippen LogP contribution in [0.5, 0.6) is 0 Å². The highest BCUT2D eigenvalue weighted by Crippen LogP contribution is 2.43. The van der Waals surface area contributed by atoms with Crippen LogP contribution < -0.4 is 0 Å². The van der Waals surface area contributed by atoms with Crippen LogP contribution in [0.1, 0.15) is 0 Å². The van der Waals surface area contributed by atoms with Gasteiger partial charge in [0, 0.05) is 33.9 Å². The zero-order chi connectivity index (χ0) is 25.1. The van der Waals surface area contributed by atoms with Crippen molar-refractivity contribution in [3.05, 3.63) is 134 Å². The molecular formula is C34H22N4. The van der Waals surface area contributed by atoms with Crippen LogP contribution in [0.15, 0.2) is 134 Å². The number of benzene rings is 4. The van der Waals surface area contributed by atoms with Gasteiger partial charge in [0.2, 0.25) is 0 Å². The Labute approximate surface area is 219 Å². The van der Waals surface area contributed by atoms with Crippen LogP contribution in [0.3, 0.4) is 0 Å². The number of fused-ring (bicyclic) bond motifs is 6. The number of para-hydroxylation sites is 2. The maximum Gasteiger partial charge on any atom is 0.137 e. The van der Waals surface area contributed by atoms with Crippen molar-refractivity contribution in [1.82, 2.24) is 19.1 Å². The normalized spacial score (nSPS) is 11.7. The van der Waals surface area contributed by atoms with Gasteiger partial charge in [0.1, 0.15) is 11.6 Å². The molecule has 0 atom stereocenters. The predicted octanol–water partition coefficient (Wildman–Crippen LogP) is 8.34. The van der Waals surface area contributed by atoms with E-state index in [0.717, 1.165) is 33.7 Å². The Morgan fingerprint density at radius 1 is 0.368 bits per heavy atom. The van der Waals surface area contributed by atoms with E-state index < -0.39 is 0 Å². The molecule has 4 aromatic carbocycles. The van der Waals surface area contributed by atoms with Crippen molar-refractivity contribution in [2.45, 2.75) is 0 Å². The van der Waals surface area contributed by atoms with Crippen LogP contribution in [0.4, 0.5) is 0 Å². The fourth-order valence-electron chi connectivity index (χ4n) is 5.95. The third-order valence-electron chi connectivity index (χ3n) is 7.44. The Morgan fingerprint density at radius 2 is 0.789 bits per heavy atom. The molecule has 0 unspecified atom stereocenters. The van der Waals surface area contributed by atoms with E-state index in [-0.39, 0.29) is 0 Å². The number of pyridine rings is 2. The Bertz CT molecular complexity index is 1960. The molecule has 0 bridgehead atoms. The first-order valence-electron chi connectivity index (χ1n) is 12.8. The number of hydrogen-bond donors (Lipinski definition) is 0. The average Bonchev–Trinajstić information content (AvgIpc) is 3.51. The molecule has 38 heavy (non-hydrogen) atoms. The molecule has 8 rings (SSSR count). The number of rotatable bonds is 3. The second-order valence-corrected chi connectivity index (χ2v) is 9.48. The van der Waals surface area contributed by atoms with Gasteiger partial charge >= 0.3 is 0 Å². The van der Waals surface area contributed by atoms with Crippen LogP contribution in [0.25, 0.3) is 66.4 Å². The van der Waals surface area contributed by atoms with Gasteiger partial charge < -0.3 is 0 Å². The number of nitrogens with zero attached hydrogens (tertiary/aromatic N) is 4. The molecule has 0 radical (unpaired) electrons. The molecule has 4 heterocycles. The van der Waals surface area contributed by atoms with Gasteiger partial charge in [-0.2, -0.15) is 0 Å². The van der Waals surface area contributed by atoms with E-state index in [1.54, 1.807) is 0 Å². The Balaban J connectivity index is 1.52. The molecule has 178 valence electrons. The molecule has 0 aliphatic rings. The lowest BCUT2D eigenvalue weighted by Crippen LogP contribution is -1.96. The third kappa shape index (κ3) is 2.91. The summed E-state index contributed by atoms with van der Waals surface area (Å²) in [6.45, 7) is 0. The van der Waals surface area contributed by atoms with Gasteiger partial charge in [-0.05, 0) is 59.7 Å². The summed E-state index contributed by atoms with van der Waals surface area (Å²) in [5.74, 6) is 1.83. The lowest BCUT2D eigenvalue weighted by Gasteiger charge is -2.10. The van der Waals surface area contributed by atoms with Crippen molar-refractivity contribution in [3.8, 4) is 22.8 Å². The molecule has 0 aliphatic carbocycles. The first-order chi connectivity index (χ1) is 18.9. The zero-order valence-electron chi connectivity index (χ0n) is 20.5. The minimum absolute atomic E-state index is 0.917. The predicted molar refractivity (Wildman–Crippen MR) is 156 cm³/mol. The summed E-state index contributed by atoms with van der Waals surface area (Å²) in [6, 6.07) is 42.6. The standard InChI is InChI=1S/C34H22N4/c1-3-15-27-25(11-1)33-23(13-9-17-29(33)37(27)31-19-5-7-21-35-31)24-14-10-18-30-34(24)26-12-2-4-16-28(26)38(30)32-20-6-8-22-36-32/h1-22H. The maximum atomic E-state index is 4.70. The molecule has 8 aromatic rings. The smallest absolute Gasteiger partial charge is 0.137 e. The second kappa shape index (κ2) is 8.15. The van der Waals surface area contributed by atoms with Gasteiger partial charge in [-0.25, -0.2) is 9.97 Å². The van der Waals surface area contributed by atoms with Gasteiger partial charge in [-0.3, -0.25) is 9.13 Å².